The predicted octanol–water partition coefficient (Wildman–Crippen LogP) is 3.64. The van der Waals surface area contributed by atoms with Crippen molar-refractivity contribution in [3.05, 3.63) is 90.0 Å². The van der Waals surface area contributed by atoms with Crippen molar-refractivity contribution in [3.63, 3.8) is 0 Å². The van der Waals surface area contributed by atoms with Crippen LogP contribution in [0.2, 0.25) is 0 Å². The van der Waals surface area contributed by atoms with Crippen LogP contribution in [0.25, 0.3) is 0 Å². The Balaban J connectivity index is 1.39. The van der Waals surface area contributed by atoms with Gasteiger partial charge in [-0.3, -0.25) is 14.9 Å². The van der Waals surface area contributed by atoms with Crippen molar-refractivity contribution < 1.29 is 0 Å². The van der Waals surface area contributed by atoms with Gasteiger partial charge in [0.2, 0.25) is 0 Å². The summed E-state index contributed by atoms with van der Waals surface area (Å²) in [7, 11) is 0. The van der Waals surface area contributed by atoms with Crippen LogP contribution in [0.5, 0.6) is 0 Å². The van der Waals surface area contributed by atoms with Gasteiger partial charge in [0.05, 0.1) is 17.1 Å². The quantitative estimate of drug-likeness (QED) is 0.714. The van der Waals surface area contributed by atoms with Gasteiger partial charge in [0, 0.05) is 44.0 Å². The number of likely N-dealkylation sites (tertiary alicyclic amines) is 1. The summed E-state index contributed by atoms with van der Waals surface area (Å²) in [5.41, 5.74) is 5.23. The zero-order valence-electron chi connectivity index (χ0n) is 15.5. The van der Waals surface area contributed by atoms with Gasteiger partial charge in [0.1, 0.15) is 0 Å². The fourth-order valence-corrected chi connectivity index (χ4v) is 4.67. The molecule has 4 nitrogen and oxygen atoms in total. The fraction of sp³-hybridized carbons (Fsp3) is 0.304. The van der Waals surface area contributed by atoms with Crippen molar-refractivity contribution >= 4 is 5.69 Å². The fourth-order valence-electron chi connectivity index (χ4n) is 4.67. The number of hydrogen-bond donors (Lipinski definition) is 0. The van der Waals surface area contributed by atoms with Crippen molar-refractivity contribution in [1.29, 1.82) is 0 Å². The predicted molar refractivity (Wildman–Crippen MR) is 108 cm³/mol. The Morgan fingerprint density at radius 3 is 2.52 bits per heavy atom. The Morgan fingerprint density at radius 2 is 1.67 bits per heavy atom. The lowest BCUT2D eigenvalue weighted by Crippen LogP contribution is -2.36. The SMILES string of the molecule is c1ccc(CN2C[C@@]3(CCN(Cc4ccccn4)C3)c3ncccc32)cc1. The largest absolute Gasteiger partial charge is 0.365 e. The van der Waals surface area contributed by atoms with Crippen LogP contribution >= 0.6 is 0 Å². The molecule has 1 fully saturated rings. The molecule has 0 radical (unpaired) electrons. The first kappa shape index (κ1) is 16.5. The molecule has 1 saturated heterocycles. The van der Waals surface area contributed by atoms with E-state index in [1.165, 1.54) is 16.9 Å². The molecule has 4 heterocycles. The molecule has 1 spiro atoms. The molecule has 2 aliphatic rings. The smallest absolute Gasteiger partial charge is 0.0729 e. The lowest BCUT2D eigenvalue weighted by atomic mass is 9.85. The van der Waals surface area contributed by atoms with Gasteiger partial charge in [-0.25, -0.2) is 0 Å². The average Bonchev–Trinajstić information content (AvgIpc) is 3.25. The number of anilines is 1. The van der Waals surface area contributed by atoms with E-state index in [1.807, 2.05) is 18.5 Å². The summed E-state index contributed by atoms with van der Waals surface area (Å²) in [5.74, 6) is 0. The summed E-state index contributed by atoms with van der Waals surface area (Å²) in [6.45, 7) is 5.07. The molecule has 5 rings (SSSR count). The molecule has 0 N–H and O–H groups in total. The maximum atomic E-state index is 4.84. The van der Waals surface area contributed by atoms with E-state index in [2.05, 4.69) is 69.4 Å². The normalized spacial score (nSPS) is 21.7. The van der Waals surface area contributed by atoms with E-state index in [0.717, 1.165) is 44.8 Å². The molecule has 0 aliphatic carbocycles. The van der Waals surface area contributed by atoms with Crippen LogP contribution in [0.3, 0.4) is 0 Å². The lowest BCUT2D eigenvalue weighted by Gasteiger charge is -2.26. The van der Waals surface area contributed by atoms with Crippen LogP contribution < -0.4 is 4.90 Å². The second kappa shape index (κ2) is 6.78. The molecular weight excluding hydrogens is 332 g/mol. The highest BCUT2D eigenvalue weighted by molar-refractivity contribution is 5.60. The molecule has 4 heteroatoms. The Kier molecular flexibility index (Phi) is 4.13. The van der Waals surface area contributed by atoms with Gasteiger partial charge in [-0.15, -0.1) is 0 Å². The molecule has 3 aromatic rings. The van der Waals surface area contributed by atoms with Gasteiger partial charge >= 0.3 is 0 Å². The third-order valence-electron chi connectivity index (χ3n) is 5.88. The van der Waals surface area contributed by atoms with E-state index in [1.54, 1.807) is 0 Å². The average molecular weight is 356 g/mol. The van der Waals surface area contributed by atoms with Crippen LogP contribution in [-0.4, -0.2) is 34.5 Å². The van der Waals surface area contributed by atoms with Crippen LogP contribution in [0.15, 0.2) is 73.1 Å². The van der Waals surface area contributed by atoms with Gasteiger partial charge in [0.15, 0.2) is 0 Å². The summed E-state index contributed by atoms with van der Waals surface area (Å²) in [6.07, 6.45) is 5.00. The van der Waals surface area contributed by atoms with Gasteiger partial charge in [0.25, 0.3) is 0 Å². The van der Waals surface area contributed by atoms with Crippen molar-refractivity contribution in [2.45, 2.75) is 24.9 Å². The number of hydrogen-bond acceptors (Lipinski definition) is 4. The minimum absolute atomic E-state index is 0.139. The molecule has 136 valence electrons. The molecule has 0 saturated carbocycles. The number of benzene rings is 1. The third-order valence-corrected chi connectivity index (χ3v) is 5.88. The van der Waals surface area contributed by atoms with Gasteiger partial charge in [-0.2, -0.15) is 0 Å². The number of aromatic nitrogens is 2. The number of nitrogens with zero attached hydrogens (tertiary/aromatic N) is 4. The van der Waals surface area contributed by atoms with Gasteiger partial charge in [-0.05, 0) is 42.8 Å². The first-order valence-electron chi connectivity index (χ1n) is 9.69. The first-order valence-corrected chi connectivity index (χ1v) is 9.69. The van der Waals surface area contributed by atoms with Crippen molar-refractivity contribution in [3.8, 4) is 0 Å². The van der Waals surface area contributed by atoms with E-state index < -0.39 is 0 Å². The van der Waals surface area contributed by atoms with Crippen LogP contribution in [0.4, 0.5) is 5.69 Å². The molecule has 1 atom stereocenters. The van der Waals surface area contributed by atoms with Crippen molar-refractivity contribution in [2.24, 2.45) is 0 Å². The van der Waals surface area contributed by atoms with Crippen molar-refractivity contribution in [1.82, 2.24) is 14.9 Å². The maximum absolute atomic E-state index is 4.84. The monoisotopic (exact) mass is 356 g/mol. The summed E-state index contributed by atoms with van der Waals surface area (Å²) >= 11 is 0. The van der Waals surface area contributed by atoms with E-state index >= 15 is 0 Å². The van der Waals surface area contributed by atoms with Gasteiger partial charge in [-0.1, -0.05) is 36.4 Å². The second-order valence-corrected chi connectivity index (χ2v) is 7.77. The molecule has 2 aliphatic heterocycles. The lowest BCUT2D eigenvalue weighted by molar-refractivity contribution is 0.302. The Bertz CT molecular complexity index is 912. The van der Waals surface area contributed by atoms with Crippen LogP contribution in [-0.2, 0) is 18.5 Å². The minimum atomic E-state index is 0.139. The molecule has 27 heavy (non-hydrogen) atoms. The Morgan fingerprint density at radius 1 is 0.815 bits per heavy atom. The Labute approximate surface area is 160 Å². The topological polar surface area (TPSA) is 32.3 Å². The summed E-state index contributed by atoms with van der Waals surface area (Å²) in [5, 5.41) is 0. The standard InChI is InChI=1S/C23H24N4/c1-2-7-19(8-3-1)15-27-18-23(22-21(27)10-6-13-25-22)11-14-26(17-23)16-20-9-4-5-12-24-20/h1-10,12-13H,11,14-18H2/t23-/m0/s1. The van der Waals surface area contributed by atoms with E-state index in [9.17, 15) is 0 Å². The molecule has 0 amide bonds. The molecule has 2 aromatic heterocycles. The highest BCUT2D eigenvalue weighted by Crippen LogP contribution is 2.45. The molecular formula is C23H24N4. The van der Waals surface area contributed by atoms with Crippen LogP contribution in [0, 0.1) is 0 Å². The molecule has 0 unspecified atom stereocenters. The second-order valence-electron chi connectivity index (χ2n) is 7.77. The highest BCUT2D eigenvalue weighted by atomic mass is 15.2. The number of pyridine rings is 2. The minimum Gasteiger partial charge on any atom is -0.365 e. The van der Waals surface area contributed by atoms with E-state index in [-0.39, 0.29) is 5.41 Å². The maximum Gasteiger partial charge on any atom is 0.0729 e. The zero-order chi connectivity index (χ0) is 18.1. The van der Waals surface area contributed by atoms with Crippen LogP contribution in [0.1, 0.15) is 23.4 Å². The summed E-state index contributed by atoms with van der Waals surface area (Å²) < 4.78 is 0. The Hall–Kier alpha value is -2.72. The van der Waals surface area contributed by atoms with E-state index in [4.69, 9.17) is 4.98 Å². The van der Waals surface area contributed by atoms with E-state index in [0.29, 0.717) is 0 Å². The molecule has 0 bridgehead atoms. The third kappa shape index (κ3) is 3.10. The zero-order valence-corrected chi connectivity index (χ0v) is 15.5. The van der Waals surface area contributed by atoms with Crippen molar-refractivity contribution in [2.75, 3.05) is 24.5 Å². The summed E-state index contributed by atoms with van der Waals surface area (Å²) in [4.78, 5) is 14.4. The number of fused-ring (bicyclic) bond motifs is 2. The first-order chi connectivity index (χ1) is 13.3. The highest BCUT2D eigenvalue weighted by Gasteiger charge is 2.48. The molecule has 1 aromatic carbocycles. The van der Waals surface area contributed by atoms with Gasteiger partial charge < -0.3 is 4.90 Å². The summed E-state index contributed by atoms with van der Waals surface area (Å²) in [6, 6.07) is 21.2. The number of rotatable bonds is 4.